The Morgan fingerprint density at radius 2 is 2.05 bits per heavy atom. The number of tetrazole rings is 1. The van der Waals surface area contributed by atoms with E-state index in [0.717, 1.165) is 0 Å². The smallest absolute Gasteiger partial charge is 0.303 e. The Morgan fingerprint density at radius 1 is 1.35 bits per heavy atom. The fourth-order valence-electron chi connectivity index (χ4n) is 2.01. The van der Waals surface area contributed by atoms with Crippen LogP contribution in [0.15, 0.2) is 0 Å². The van der Waals surface area contributed by atoms with Gasteiger partial charge in [0.05, 0.1) is 0 Å². The van der Waals surface area contributed by atoms with Gasteiger partial charge in [-0.15, -0.1) is 10.2 Å². The monoisotopic (exact) mass is 283 g/mol. The predicted octanol–water partition coefficient (Wildman–Crippen LogP) is 0.847. The molecule has 0 aliphatic rings. The highest BCUT2D eigenvalue weighted by atomic mass is 16.4. The molecule has 0 saturated heterocycles. The van der Waals surface area contributed by atoms with Crippen LogP contribution in [-0.4, -0.2) is 44.2 Å². The minimum absolute atomic E-state index is 0.00263. The van der Waals surface area contributed by atoms with Gasteiger partial charge >= 0.3 is 5.97 Å². The van der Waals surface area contributed by atoms with Crippen LogP contribution in [0, 0.1) is 11.3 Å². The number of carbonyl (C=O) groups is 2. The molecular weight excluding hydrogens is 262 g/mol. The van der Waals surface area contributed by atoms with Crippen LogP contribution in [0.4, 0.5) is 0 Å². The first-order valence-corrected chi connectivity index (χ1v) is 6.54. The fourth-order valence-corrected chi connectivity index (χ4v) is 2.01. The third-order valence-electron chi connectivity index (χ3n) is 3.26. The van der Waals surface area contributed by atoms with Crippen LogP contribution in [0.5, 0.6) is 0 Å². The maximum atomic E-state index is 11.6. The van der Waals surface area contributed by atoms with Crippen molar-refractivity contribution < 1.29 is 14.7 Å². The summed E-state index contributed by atoms with van der Waals surface area (Å²) in [5.41, 5.74) is -0.00762. The second-order valence-electron chi connectivity index (χ2n) is 5.78. The van der Waals surface area contributed by atoms with Gasteiger partial charge in [-0.1, -0.05) is 20.8 Å². The molecule has 1 amide bonds. The quantitative estimate of drug-likeness (QED) is 0.682. The molecule has 0 aromatic carbocycles. The van der Waals surface area contributed by atoms with Gasteiger partial charge in [0.15, 0.2) is 0 Å². The lowest BCUT2D eigenvalue weighted by molar-refractivity contribution is -0.137. The lowest BCUT2D eigenvalue weighted by Crippen LogP contribution is -2.30. The van der Waals surface area contributed by atoms with E-state index < -0.39 is 5.97 Å². The predicted molar refractivity (Wildman–Crippen MR) is 70.9 cm³/mol. The van der Waals surface area contributed by atoms with E-state index in [4.69, 9.17) is 5.11 Å². The van der Waals surface area contributed by atoms with E-state index in [1.807, 2.05) is 0 Å². The zero-order chi connectivity index (χ0) is 15.2. The molecule has 1 unspecified atom stereocenters. The zero-order valence-corrected chi connectivity index (χ0v) is 12.0. The van der Waals surface area contributed by atoms with E-state index in [0.29, 0.717) is 19.4 Å². The Labute approximate surface area is 117 Å². The van der Waals surface area contributed by atoms with Crippen molar-refractivity contribution in [2.75, 3.05) is 6.54 Å². The van der Waals surface area contributed by atoms with Crippen molar-refractivity contribution in [1.82, 2.24) is 25.9 Å². The van der Waals surface area contributed by atoms with Gasteiger partial charge in [-0.2, -0.15) is 5.21 Å². The lowest BCUT2D eigenvalue weighted by atomic mass is 9.76. The molecule has 3 N–H and O–H groups in total. The van der Waals surface area contributed by atoms with Gasteiger partial charge < -0.3 is 10.4 Å². The third-order valence-corrected chi connectivity index (χ3v) is 3.26. The molecule has 0 radical (unpaired) electrons. The first kappa shape index (κ1) is 16.1. The summed E-state index contributed by atoms with van der Waals surface area (Å²) in [5.74, 6) is -0.966. The number of aliphatic carboxylic acids is 1. The van der Waals surface area contributed by atoms with Crippen molar-refractivity contribution in [3.63, 3.8) is 0 Å². The van der Waals surface area contributed by atoms with Crippen molar-refractivity contribution in [1.29, 1.82) is 0 Å². The molecule has 1 aromatic rings. The number of amides is 1. The first-order chi connectivity index (χ1) is 9.30. The van der Waals surface area contributed by atoms with Gasteiger partial charge in [0.25, 0.3) is 11.7 Å². The molecule has 1 aromatic heterocycles. The zero-order valence-electron chi connectivity index (χ0n) is 12.0. The number of rotatable bonds is 7. The van der Waals surface area contributed by atoms with Crippen molar-refractivity contribution in [3.05, 3.63) is 5.82 Å². The van der Waals surface area contributed by atoms with Crippen molar-refractivity contribution in [2.45, 2.75) is 40.0 Å². The molecule has 1 atom stereocenters. The number of aromatic amines is 1. The molecule has 0 fully saturated rings. The van der Waals surface area contributed by atoms with E-state index in [9.17, 15) is 9.59 Å². The van der Waals surface area contributed by atoms with Crippen LogP contribution in [0.25, 0.3) is 0 Å². The highest BCUT2D eigenvalue weighted by Gasteiger charge is 2.25. The average Bonchev–Trinajstić information content (AvgIpc) is 2.84. The Bertz CT molecular complexity index is 438. The molecule has 8 heteroatoms. The Balaban J connectivity index is 2.42. The third kappa shape index (κ3) is 5.33. The highest BCUT2D eigenvalue weighted by molar-refractivity contribution is 5.89. The summed E-state index contributed by atoms with van der Waals surface area (Å²) < 4.78 is 0. The Kier molecular flexibility index (Phi) is 5.60. The number of hydrogen-bond acceptors (Lipinski definition) is 5. The molecular formula is C12H21N5O3. The number of nitrogens with zero attached hydrogens (tertiary/aromatic N) is 3. The van der Waals surface area contributed by atoms with E-state index in [2.05, 4.69) is 46.7 Å². The number of carbonyl (C=O) groups excluding carboxylic acids is 1. The molecule has 0 aliphatic carbocycles. The standard InChI is InChI=1S/C12H21N5O3/c1-12(2,3)8(4-5-9(18)19)6-7-13-11(20)10-14-16-17-15-10/h8H,4-7H2,1-3H3,(H,13,20)(H,18,19)(H,14,15,16,17). The minimum Gasteiger partial charge on any atom is -0.481 e. The summed E-state index contributed by atoms with van der Waals surface area (Å²) in [5, 5.41) is 24.2. The summed E-state index contributed by atoms with van der Waals surface area (Å²) in [7, 11) is 0. The molecule has 0 saturated carbocycles. The summed E-state index contributed by atoms with van der Waals surface area (Å²) in [6, 6.07) is 0. The van der Waals surface area contributed by atoms with E-state index in [-0.39, 0.29) is 29.5 Å². The second-order valence-corrected chi connectivity index (χ2v) is 5.78. The van der Waals surface area contributed by atoms with Gasteiger partial charge in [-0.05, 0) is 29.4 Å². The van der Waals surface area contributed by atoms with E-state index in [1.54, 1.807) is 0 Å². The molecule has 1 rings (SSSR count). The molecule has 1 heterocycles. The second kappa shape index (κ2) is 6.97. The summed E-state index contributed by atoms with van der Waals surface area (Å²) in [6.45, 7) is 6.66. The largest absolute Gasteiger partial charge is 0.481 e. The number of carboxylic acid groups (broad SMARTS) is 1. The summed E-state index contributed by atoms with van der Waals surface area (Å²) in [4.78, 5) is 22.3. The molecule has 0 bridgehead atoms. The fraction of sp³-hybridized carbons (Fsp3) is 0.750. The Morgan fingerprint density at radius 3 is 2.55 bits per heavy atom. The molecule has 0 spiro atoms. The van der Waals surface area contributed by atoms with Gasteiger partial charge in [0.2, 0.25) is 0 Å². The Hall–Kier alpha value is -1.99. The topological polar surface area (TPSA) is 121 Å². The molecule has 8 nitrogen and oxygen atoms in total. The SMILES string of the molecule is CC(C)(C)C(CCNC(=O)c1nn[nH]n1)CCC(=O)O. The van der Waals surface area contributed by atoms with Crippen LogP contribution in [-0.2, 0) is 4.79 Å². The number of hydrogen-bond donors (Lipinski definition) is 3. The molecule has 112 valence electrons. The van der Waals surface area contributed by atoms with Gasteiger partial charge in [-0.25, -0.2) is 0 Å². The maximum Gasteiger partial charge on any atom is 0.303 e. The van der Waals surface area contributed by atoms with Crippen LogP contribution in [0.2, 0.25) is 0 Å². The van der Waals surface area contributed by atoms with Crippen LogP contribution in [0.3, 0.4) is 0 Å². The molecule has 0 aliphatic heterocycles. The van der Waals surface area contributed by atoms with Gasteiger partial charge in [0.1, 0.15) is 0 Å². The summed E-state index contributed by atoms with van der Waals surface area (Å²) in [6.07, 6.45) is 1.44. The van der Waals surface area contributed by atoms with Crippen molar-refractivity contribution in [2.24, 2.45) is 11.3 Å². The minimum atomic E-state index is -0.796. The highest BCUT2D eigenvalue weighted by Crippen LogP contribution is 2.32. The lowest BCUT2D eigenvalue weighted by Gasteiger charge is -2.30. The number of H-pyrrole nitrogens is 1. The number of carboxylic acids is 1. The first-order valence-electron chi connectivity index (χ1n) is 6.54. The van der Waals surface area contributed by atoms with Crippen LogP contribution in [0.1, 0.15) is 50.7 Å². The van der Waals surface area contributed by atoms with E-state index >= 15 is 0 Å². The normalized spacial score (nSPS) is 12.9. The van der Waals surface area contributed by atoms with Gasteiger partial charge in [-0.3, -0.25) is 9.59 Å². The maximum absolute atomic E-state index is 11.6. The van der Waals surface area contributed by atoms with E-state index in [1.165, 1.54) is 0 Å². The number of nitrogens with one attached hydrogen (secondary N) is 2. The molecule has 20 heavy (non-hydrogen) atoms. The van der Waals surface area contributed by atoms with Crippen molar-refractivity contribution in [3.8, 4) is 0 Å². The van der Waals surface area contributed by atoms with Crippen LogP contribution < -0.4 is 5.32 Å². The number of aromatic nitrogens is 4. The summed E-state index contributed by atoms with van der Waals surface area (Å²) >= 11 is 0. The van der Waals surface area contributed by atoms with Crippen LogP contribution >= 0.6 is 0 Å². The average molecular weight is 283 g/mol. The van der Waals surface area contributed by atoms with Crippen molar-refractivity contribution >= 4 is 11.9 Å². The van der Waals surface area contributed by atoms with Gasteiger partial charge in [0, 0.05) is 13.0 Å².